The van der Waals surface area contributed by atoms with Crippen LogP contribution in [0, 0.1) is 0 Å². The Balaban J connectivity index is 1.55. The van der Waals surface area contributed by atoms with Crippen molar-refractivity contribution >= 4 is 40.5 Å². The molecule has 6 nitrogen and oxygen atoms in total. The van der Waals surface area contributed by atoms with Crippen LogP contribution >= 0.6 is 23.2 Å². The molecule has 0 spiro atoms. The van der Waals surface area contributed by atoms with Crippen molar-refractivity contribution in [3.63, 3.8) is 0 Å². The summed E-state index contributed by atoms with van der Waals surface area (Å²) in [5.41, 5.74) is 1.89. The van der Waals surface area contributed by atoms with E-state index in [4.69, 9.17) is 27.9 Å². The molecule has 26 heavy (non-hydrogen) atoms. The van der Waals surface area contributed by atoms with E-state index in [0.29, 0.717) is 22.3 Å². The molecule has 2 heterocycles. The number of morpholine rings is 1. The first-order valence-electron chi connectivity index (χ1n) is 8.38. The average molecular weight is 395 g/mol. The largest absolute Gasteiger partial charge is 0.379 e. The van der Waals surface area contributed by atoms with Gasteiger partial charge in [0.15, 0.2) is 0 Å². The summed E-state index contributed by atoms with van der Waals surface area (Å²) in [7, 11) is 0. The van der Waals surface area contributed by atoms with Crippen LogP contribution in [0.25, 0.3) is 0 Å². The van der Waals surface area contributed by atoms with E-state index in [1.165, 1.54) is 0 Å². The molecule has 0 saturated carbocycles. The molecule has 138 valence electrons. The van der Waals surface area contributed by atoms with Crippen LogP contribution < -0.4 is 10.6 Å². The minimum absolute atomic E-state index is 0.198. The second kappa shape index (κ2) is 9.19. The van der Waals surface area contributed by atoms with Gasteiger partial charge in [0.2, 0.25) is 0 Å². The van der Waals surface area contributed by atoms with Crippen LogP contribution in [-0.4, -0.2) is 55.2 Å². The first-order chi connectivity index (χ1) is 12.6. The Morgan fingerprint density at radius 2 is 1.88 bits per heavy atom. The van der Waals surface area contributed by atoms with Crippen LogP contribution in [-0.2, 0) is 4.74 Å². The fourth-order valence-electron chi connectivity index (χ4n) is 2.62. The smallest absolute Gasteiger partial charge is 0.269 e. The third-order valence-electron chi connectivity index (χ3n) is 4.02. The summed E-state index contributed by atoms with van der Waals surface area (Å²) in [5.74, 6) is -0.198. The van der Waals surface area contributed by atoms with E-state index in [1.54, 1.807) is 30.5 Å². The lowest BCUT2D eigenvalue weighted by atomic mass is 10.2. The summed E-state index contributed by atoms with van der Waals surface area (Å²) < 4.78 is 5.31. The molecule has 0 unspecified atom stereocenters. The third-order valence-corrected chi connectivity index (χ3v) is 4.76. The molecular weight excluding hydrogens is 375 g/mol. The number of carbonyl (C=O) groups excluding carboxylic acids is 1. The Kier molecular flexibility index (Phi) is 6.68. The topological polar surface area (TPSA) is 66.5 Å². The number of hydrogen-bond donors (Lipinski definition) is 2. The molecular formula is C18H20Cl2N4O2. The van der Waals surface area contributed by atoms with Gasteiger partial charge in [0.1, 0.15) is 5.69 Å². The molecule has 1 aliphatic rings. The maximum Gasteiger partial charge on any atom is 0.269 e. The lowest BCUT2D eigenvalue weighted by Crippen LogP contribution is -2.41. The molecule has 1 fully saturated rings. The predicted octanol–water partition coefficient (Wildman–Crippen LogP) is 3.19. The standard InChI is InChI=1S/C18H20Cl2N4O2/c19-15-2-1-13(11-16(15)20)23-14-3-4-21-17(12-14)18(25)22-5-6-24-7-9-26-10-8-24/h1-4,11-12H,5-10H2,(H,21,23)(H,22,25). The molecule has 2 N–H and O–H groups in total. The van der Waals surface area contributed by atoms with E-state index >= 15 is 0 Å². The zero-order valence-electron chi connectivity index (χ0n) is 14.2. The highest BCUT2D eigenvalue weighted by atomic mass is 35.5. The van der Waals surface area contributed by atoms with E-state index in [0.717, 1.165) is 44.2 Å². The number of hydrogen-bond acceptors (Lipinski definition) is 5. The van der Waals surface area contributed by atoms with E-state index in [2.05, 4.69) is 20.5 Å². The number of nitrogens with one attached hydrogen (secondary N) is 2. The van der Waals surface area contributed by atoms with Gasteiger partial charge in [0.05, 0.1) is 23.3 Å². The van der Waals surface area contributed by atoms with Gasteiger partial charge in [-0.05, 0) is 30.3 Å². The molecule has 2 aromatic rings. The monoisotopic (exact) mass is 394 g/mol. The second-order valence-electron chi connectivity index (χ2n) is 5.89. The number of aromatic nitrogens is 1. The van der Waals surface area contributed by atoms with Crippen LogP contribution in [0.15, 0.2) is 36.5 Å². The number of halogens is 2. The summed E-state index contributed by atoms with van der Waals surface area (Å²) in [6, 6.07) is 8.75. The Morgan fingerprint density at radius 1 is 1.12 bits per heavy atom. The van der Waals surface area contributed by atoms with Crippen LogP contribution in [0.3, 0.4) is 0 Å². The quantitative estimate of drug-likeness (QED) is 0.787. The SMILES string of the molecule is O=C(NCCN1CCOCC1)c1cc(Nc2ccc(Cl)c(Cl)c2)ccn1. The number of pyridine rings is 1. The van der Waals surface area contributed by atoms with Crippen LogP contribution in [0.1, 0.15) is 10.5 Å². The molecule has 1 saturated heterocycles. The van der Waals surface area contributed by atoms with Crippen molar-refractivity contribution in [1.82, 2.24) is 15.2 Å². The molecule has 0 radical (unpaired) electrons. The number of carbonyl (C=O) groups is 1. The molecule has 1 aromatic heterocycles. The van der Waals surface area contributed by atoms with Gasteiger partial charge in [-0.15, -0.1) is 0 Å². The minimum atomic E-state index is -0.198. The summed E-state index contributed by atoms with van der Waals surface area (Å²) in [4.78, 5) is 18.7. The molecule has 1 aromatic carbocycles. The van der Waals surface area contributed by atoms with Crippen molar-refractivity contribution in [2.45, 2.75) is 0 Å². The lowest BCUT2D eigenvalue weighted by molar-refractivity contribution is 0.0383. The third kappa shape index (κ3) is 5.32. The van der Waals surface area contributed by atoms with Crippen molar-refractivity contribution in [3.05, 3.63) is 52.3 Å². The fraction of sp³-hybridized carbons (Fsp3) is 0.333. The summed E-state index contributed by atoms with van der Waals surface area (Å²) in [6.45, 7) is 4.67. The van der Waals surface area contributed by atoms with Crippen molar-refractivity contribution < 1.29 is 9.53 Å². The number of amides is 1. The highest BCUT2D eigenvalue weighted by Crippen LogP contribution is 2.27. The molecule has 0 atom stereocenters. The van der Waals surface area contributed by atoms with Gasteiger partial charge in [0.25, 0.3) is 5.91 Å². The zero-order valence-corrected chi connectivity index (χ0v) is 15.7. The fourth-order valence-corrected chi connectivity index (χ4v) is 2.91. The van der Waals surface area contributed by atoms with Gasteiger partial charge in [-0.2, -0.15) is 0 Å². The average Bonchev–Trinajstić information content (AvgIpc) is 2.66. The maximum atomic E-state index is 12.3. The van der Waals surface area contributed by atoms with Gasteiger partial charge < -0.3 is 15.4 Å². The van der Waals surface area contributed by atoms with E-state index < -0.39 is 0 Å². The van der Waals surface area contributed by atoms with Crippen LogP contribution in [0.4, 0.5) is 11.4 Å². The predicted molar refractivity (Wildman–Crippen MR) is 104 cm³/mol. The van der Waals surface area contributed by atoms with Crippen molar-refractivity contribution in [1.29, 1.82) is 0 Å². The molecule has 0 aliphatic carbocycles. The van der Waals surface area contributed by atoms with Gasteiger partial charge in [-0.1, -0.05) is 23.2 Å². The molecule has 8 heteroatoms. The second-order valence-corrected chi connectivity index (χ2v) is 6.71. The first kappa shape index (κ1) is 18.9. The normalized spacial score (nSPS) is 14.8. The van der Waals surface area contributed by atoms with E-state index in [1.807, 2.05) is 6.07 Å². The van der Waals surface area contributed by atoms with Crippen molar-refractivity contribution in [3.8, 4) is 0 Å². The van der Waals surface area contributed by atoms with E-state index in [9.17, 15) is 4.79 Å². The molecule has 1 aliphatic heterocycles. The Hall–Kier alpha value is -1.86. The highest BCUT2D eigenvalue weighted by Gasteiger charge is 2.12. The Bertz CT molecular complexity index is 767. The molecule has 0 bridgehead atoms. The highest BCUT2D eigenvalue weighted by molar-refractivity contribution is 6.42. The first-order valence-corrected chi connectivity index (χ1v) is 9.14. The number of rotatable bonds is 6. The van der Waals surface area contributed by atoms with Gasteiger partial charge in [-0.3, -0.25) is 14.7 Å². The summed E-state index contributed by atoms with van der Waals surface area (Å²) in [5, 5.41) is 7.05. The Morgan fingerprint density at radius 3 is 2.65 bits per heavy atom. The minimum Gasteiger partial charge on any atom is -0.379 e. The van der Waals surface area contributed by atoms with Gasteiger partial charge in [0, 0.05) is 43.8 Å². The maximum absolute atomic E-state index is 12.3. The Labute approximate surface area is 162 Å². The molecule has 1 amide bonds. The zero-order chi connectivity index (χ0) is 18.4. The van der Waals surface area contributed by atoms with Crippen LogP contribution in [0.2, 0.25) is 10.0 Å². The lowest BCUT2D eigenvalue weighted by Gasteiger charge is -2.26. The summed E-state index contributed by atoms with van der Waals surface area (Å²) >= 11 is 11.9. The van der Waals surface area contributed by atoms with E-state index in [-0.39, 0.29) is 5.91 Å². The number of benzene rings is 1. The van der Waals surface area contributed by atoms with Crippen molar-refractivity contribution in [2.75, 3.05) is 44.7 Å². The number of anilines is 2. The number of ether oxygens (including phenoxy) is 1. The van der Waals surface area contributed by atoms with Gasteiger partial charge >= 0.3 is 0 Å². The number of nitrogens with zero attached hydrogens (tertiary/aromatic N) is 2. The molecule has 3 rings (SSSR count). The summed E-state index contributed by atoms with van der Waals surface area (Å²) in [6.07, 6.45) is 1.59. The van der Waals surface area contributed by atoms with Crippen molar-refractivity contribution in [2.24, 2.45) is 0 Å². The van der Waals surface area contributed by atoms with Gasteiger partial charge in [-0.25, -0.2) is 0 Å². The van der Waals surface area contributed by atoms with Crippen LogP contribution in [0.5, 0.6) is 0 Å².